The van der Waals surface area contributed by atoms with Gasteiger partial charge >= 0.3 is 0 Å². The number of anilines is 1. The van der Waals surface area contributed by atoms with Crippen molar-refractivity contribution < 1.29 is 9.90 Å². The van der Waals surface area contributed by atoms with E-state index in [9.17, 15) is 9.90 Å². The van der Waals surface area contributed by atoms with Gasteiger partial charge in [0.25, 0.3) is 5.91 Å². The second kappa shape index (κ2) is 4.14. The number of hydrogen-bond donors (Lipinski definition) is 2. The smallest absolute Gasteiger partial charge is 0.265 e. The summed E-state index contributed by atoms with van der Waals surface area (Å²) in [5.74, 6) is -0.443. The third-order valence-electron chi connectivity index (χ3n) is 3.92. The van der Waals surface area contributed by atoms with Crippen molar-refractivity contribution in [1.82, 2.24) is 4.98 Å². The Labute approximate surface area is 121 Å². The van der Waals surface area contributed by atoms with Gasteiger partial charge in [-0.2, -0.15) is 0 Å². The molecule has 1 unspecified atom stereocenters. The molecule has 1 aliphatic rings. The molecule has 21 heavy (non-hydrogen) atoms. The number of nitrogens with zero attached hydrogens (tertiary/aromatic N) is 1. The second-order valence-corrected chi connectivity index (χ2v) is 5.09. The first-order valence-corrected chi connectivity index (χ1v) is 6.69. The maximum Gasteiger partial charge on any atom is 0.265 e. The van der Waals surface area contributed by atoms with Gasteiger partial charge in [-0.05, 0) is 12.1 Å². The first-order valence-electron chi connectivity index (χ1n) is 6.69. The van der Waals surface area contributed by atoms with Crippen molar-refractivity contribution in [3.05, 3.63) is 71.9 Å². The first-order chi connectivity index (χ1) is 10.2. The molecule has 0 spiro atoms. The summed E-state index contributed by atoms with van der Waals surface area (Å²) in [6.07, 6.45) is 1.66. The summed E-state index contributed by atoms with van der Waals surface area (Å²) in [6.45, 7) is 0. The maximum atomic E-state index is 12.4. The second-order valence-electron chi connectivity index (χ2n) is 5.09. The third kappa shape index (κ3) is 1.53. The molecular weight excluding hydrogens is 264 g/mol. The molecule has 3 aromatic rings. The number of amides is 1. The minimum absolute atomic E-state index is 0.443. The summed E-state index contributed by atoms with van der Waals surface area (Å²) in [5, 5.41) is 14.8. The Balaban J connectivity index is 2.06. The van der Waals surface area contributed by atoms with E-state index >= 15 is 0 Å². The highest BCUT2D eigenvalue weighted by Gasteiger charge is 2.47. The van der Waals surface area contributed by atoms with Gasteiger partial charge in [-0.15, -0.1) is 0 Å². The predicted molar refractivity (Wildman–Crippen MR) is 79.8 cm³/mol. The van der Waals surface area contributed by atoms with E-state index in [4.69, 9.17) is 0 Å². The van der Waals surface area contributed by atoms with Crippen LogP contribution in [-0.2, 0) is 10.4 Å². The number of rotatable bonds is 1. The quantitative estimate of drug-likeness (QED) is 0.717. The molecule has 0 saturated heterocycles. The summed E-state index contributed by atoms with van der Waals surface area (Å²) in [6, 6.07) is 16.4. The van der Waals surface area contributed by atoms with Crippen LogP contribution in [0, 0.1) is 0 Å². The summed E-state index contributed by atoms with van der Waals surface area (Å²) < 4.78 is 0. The van der Waals surface area contributed by atoms with Crippen LogP contribution in [0.15, 0.2) is 60.8 Å². The number of aliphatic hydroxyl groups is 1. The molecule has 4 nitrogen and oxygen atoms in total. The van der Waals surface area contributed by atoms with Crippen molar-refractivity contribution in [3.63, 3.8) is 0 Å². The van der Waals surface area contributed by atoms with Crippen LogP contribution in [0.2, 0.25) is 0 Å². The van der Waals surface area contributed by atoms with E-state index in [0.29, 0.717) is 22.3 Å². The molecule has 1 aromatic heterocycles. The lowest BCUT2D eigenvalue weighted by atomic mass is 9.86. The van der Waals surface area contributed by atoms with E-state index < -0.39 is 11.5 Å². The van der Waals surface area contributed by atoms with Crippen LogP contribution < -0.4 is 5.32 Å². The van der Waals surface area contributed by atoms with Gasteiger partial charge in [0.1, 0.15) is 0 Å². The Morgan fingerprint density at radius 3 is 2.62 bits per heavy atom. The molecule has 2 heterocycles. The molecule has 0 saturated carbocycles. The van der Waals surface area contributed by atoms with Crippen molar-refractivity contribution in [2.45, 2.75) is 5.60 Å². The summed E-state index contributed by atoms with van der Waals surface area (Å²) in [7, 11) is 0. The third-order valence-corrected chi connectivity index (χ3v) is 3.92. The van der Waals surface area contributed by atoms with Crippen LogP contribution in [0.1, 0.15) is 11.1 Å². The Bertz CT molecular complexity index is 870. The van der Waals surface area contributed by atoms with Gasteiger partial charge < -0.3 is 10.4 Å². The zero-order chi connectivity index (χ0) is 14.4. The molecule has 4 heteroatoms. The number of nitrogens with one attached hydrogen (secondary N) is 1. The molecule has 1 amide bonds. The van der Waals surface area contributed by atoms with E-state index in [1.807, 2.05) is 36.4 Å². The van der Waals surface area contributed by atoms with E-state index in [1.165, 1.54) is 0 Å². The van der Waals surface area contributed by atoms with Crippen molar-refractivity contribution >= 4 is 22.5 Å². The fourth-order valence-electron chi connectivity index (χ4n) is 2.91. The average Bonchev–Trinajstić information content (AvgIpc) is 2.79. The number of hydrogen-bond acceptors (Lipinski definition) is 3. The van der Waals surface area contributed by atoms with Crippen molar-refractivity contribution in [3.8, 4) is 0 Å². The highest BCUT2D eigenvalue weighted by molar-refractivity contribution is 6.09. The molecule has 0 fully saturated rings. The first kappa shape index (κ1) is 12.1. The molecule has 102 valence electrons. The molecule has 1 aliphatic heterocycles. The zero-order valence-electron chi connectivity index (χ0n) is 11.1. The summed E-state index contributed by atoms with van der Waals surface area (Å²) in [4.78, 5) is 16.7. The summed E-state index contributed by atoms with van der Waals surface area (Å²) in [5.41, 5.74) is 0.633. The van der Waals surface area contributed by atoms with Gasteiger partial charge in [-0.3, -0.25) is 9.78 Å². The van der Waals surface area contributed by atoms with Crippen LogP contribution in [0.5, 0.6) is 0 Å². The zero-order valence-corrected chi connectivity index (χ0v) is 11.1. The van der Waals surface area contributed by atoms with Gasteiger partial charge in [0.15, 0.2) is 5.60 Å². The van der Waals surface area contributed by atoms with Crippen molar-refractivity contribution in [2.75, 3.05) is 5.32 Å². The number of pyridine rings is 1. The molecule has 2 N–H and O–H groups in total. The SMILES string of the molecule is O=C1Nc2ccccc2C1(O)c1cccc2cccnc12. The largest absolute Gasteiger partial charge is 0.372 e. The predicted octanol–water partition coefficient (Wildman–Crippen LogP) is 2.42. The van der Waals surface area contributed by atoms with Gasteiger partial charge in [0.05, 0.1) is 5.52 Å². The van der Waals surface area contributed by atoms with Crippen LogP contribution in [0.4, 0.5) is 5.69 Å². The number of benzene rings is 2. The fourth-order valence-corrected chi connectivity index (χ4v) is 2.91. The lowest BCUT2D eigenvalue weighted by Crippen LogP contribution is -2.35. The number of carbonyl (C=O) groups is 1. The van der Waals surface area contributed by atoms with Crippen LogP contribution >= 0.6 is 0 Å². The van der Waals surface area contributed by atoms with Gasteiger partial charge in [-0.1, -0.05) is 42.5 Å². The van der Waals surface area contributed by atoms with Crippen molar-refractivity contribution in [1.29, 1.82) is 0 Å². The standard InChI is InChI=1S/C17H12N2O2/c20-16-17(21,12-7-1-2-9-14(12)19-16)13-8-3-5-11-6-4-10-18-15(11)13/h1-10,21H,(H,19,20). The number of para-hydroxylation sites is 2. The maximum absolute atomic E-state index is 12.4. The number of aromatic nitrogens is 1. The van der Waals surface area contributed by atoms with Crippen LogP contribution in [-0.4, -0.2) is 16.0 Å². The normalized spacial score (nSPS) is 20.3. The van der Waals surface area contributed by atoms with Crippen molar-refractivity contribution in [2.24, 2.45) is 0 Å². The van der Waals surface area contributed by atoms with E-state index in [1.54, 1.807) is 24.4 Å². The van der Waals surface area contributed by atoms with Gasteiger partial charge in [-0.25, -0.2) is 0 Å². The Hall–Kier alpha value is -2.72. The lowest BCUT2D eigenvalue weighted by Gasteiger charge is -2.22. The van der Waals surface area contributed by atoms with Gasteiger partial charge in [0, 0.05) is 28.4 Å². The minimum atomic E-state index is -1.70. The molecule has 0 aliphatic carbocycles. The molecule has 2 aromatic carbocycles. The van der Waals surface area contributed by atoms with Crippen LogP contribution in [0.3, 0.4) is 0 Å². The monoisotopic (exact) mass is 276 g/mol. The lowest BCUT2D eigenvalue weighted by molar-refractivity contribution is -0.129. The average molecular weight is 276 g/mol. The van der Waals surface area contributed by atoms with E-state index in [2.05, 4.69) is 10.3 Å². The fraction of sp³-hybridized carbons (Fsp3) is 0.0588. The van der Waals surface area contributed by atoms with Gasteiger partial charge in [0.2, 0.25) is 0 Å². The highest BCUT2D eigenvalue weighted by atomic mass is 16.3. The number of carbonyl (C=O) groups excluding carboxylic acids is 1. The Kier molecular flexibility index (Phi) is 2.37. The molecule has 0 radical (unpaired) electrons. The van der Waals surface area contributed by atoms with E-state index in [-0.39, 0.29) is 0 Å². The Morgan fingerprint density at radius 2 is 1.71 bits per heavy atom. The molecule has 1 atom stereocenters. The van der Waals surface area contributed by atoms with E-state index in [0.717, 1.165) is 5.39 Å². The Morgan fingerprint density at radius 1 is 0.952 bits per heavy atom. The number of fused-ring (bicyclic) bond motifs is 2. The molecule has 4 rings (SSSR count). The minimum Gasteiger partial charge on any atom is -0.372 e. The molecular formula is C17H12N2O2. The summed E-state index contributed by atoms with van der Waals surface area (Å²) >= 11 is 0. The topological polar surface area (TPSA) is 62.2 Å². The molecule has 0 bridgehead atoms. The van der Waals surface area contributed by atoms with Crippen LogP contribution in [0.25, 0.3) is 10.9 Å². The highest BCUT2D eigenvalue weighted by Crippen LogP contribution is 2.42.